The zero-order valence-corrected chi connectivity index (χ0v) is 12.4. The Hall–Kier alpha value is -1.34. The molecule has 116 valence electrons. The molecular formula is C14H17F3N2OS. The third-order valence-electron chi connectivity index (χ3n) is 3.52. The van der Waals surface area contributed by atoms with Gasteiger partial charge in [0.2, 0.25) is 0 Å². The molecule has 2 unspecified atom stereocenters. The van der Waals surface area contributed by atoms with Crippen LogP contribution in [-0.4, -0.2) is 23.7 Å². The lowest BCUT2D eigenvalue weighted by molar-refractivity contribution is -0.137. The number of rotatable bonds is 4. The molecule has 0 saturated carbocycles. The van der Waals surface area contributed by atoms with E-state index in [0.717, 1.165) is 25.0 Å². The number of ether oxygens (including phenoxy) is 1. The summed E-state index contributed by atoms with van der Waals surface area (Å²) in [7, 11) is 0. The van der Waals surface area contributed by atoms with Gasteiger partial charge in [0.05, 0.1) is 11.7 Å². The molecule has 0 aliphatic carbocycles. The minimum absolute atomic E-state index is 0.0302. The van der Waals surface area contributed by atoms with Crippen molar-refractivity contribution >= 4 is 22.9 Å². The molecule has 2 atom stereocenters. The highest BCUT2D eigenvalue weighted by molar-refractivity contribution is 7.80. The third-order valence-corrected chi connectivity index (χ3v) is 3.74. The minimum Gasteiger partial charge on any atom is -0.389 e. The smallest absolute Gasteiger partial charge is 0.389 e. The number of hydrogen-bond donors (Lipinski definition) is 2. The van der Waals surface area contributed by atoms with Crippen LogP contribution in [0.3, 0.4) is 0 Å². The molecule has 0 bridgehead atoms. The molecule has 2 rings (SSSR count). The first-order valence-electron chi connectivity index (χ1n) is 6.68. The molecule has 1 aliphatic heterocycles. The van der Waals surface area contributed by atoms with E-state index < -0.39 is 11.7 Å². The topological polar surface area (TPSA) is 47.3 Å². The number of benzene rings is 1. The van der Waals surface area contributed by atoms with Crippen LogP contribution in [0.5, 0.6) is 0 Å². The van der Waals surface area contributed by atoms with Gasteiger partial charge in [-0.2, -0.15) is 13.2 Å². The fraction of sp³-hybridized carbons (Fsp3) is 0.500. The first kappa shape index (κ1) is 16.0. The summed E-state index contributed by atoms with van der Waals surface area (Å²) in [6.07, 6.45) is -2.45. The number of hydrogen-bond acceptors (Lipinski definition) is 3. The molecule has 1 aliphatic rings. The molecule has 21 heavy (non-hydrogen) atoms. The number of alkyl halides is 3. The molecule has 3 N–H and O–H groups in total. The van der Waals surface area contributed by atoms with Gasteiger partial charge in [-0.3, -0.25) is 0 Å². The van der Waals surface area contributed by atoms with E-state index in [-0.39, 0.29) is 22.7 Å². The molecular weight excluding hydrogens is 301 g/mol. The van der Waals surface area contributed by atoms with Gasteiger partial charge in [-0.1, -0.05) is 12.2 Å². The second-order valence-corrected chi connectivity index (χ2v) is 5.55. The fourth-order valence-electron chi connectivity index (χ4n) is 2.39. The Labute approximate surface area is 126 Å². The predicted molar refractivity (Wildman–Crippen MR) is 79.4 cm³/mol. The van der Waals surface area contributed by atoms with Gasteiger partial charge in [0, 0.05) is 23.9 Å². The van der Waals surface area contributed by atoms with E-state index in [4.69, 9.17) is 22.7 Å². The highest BCUT2D eigenvalue weighted by atomic mass is 32.1. The number of thiocarbonyl (C=S) groups is 1. The average molecular weight is 318 g/mol. The summed E-state index contributed by atoms with van der Waals surface area (Å²) in [6, 6.07) is 3.33. The summed E-state index contributed by atoms with van der Waals surface area (Å²) in [5, 5.41) is 3.15. The van der Waals surface area contributed by atoms with Crippen LogP contribution < -0.4 is 11.1 Å². The molecule has 0 amide bonds. The lowest BCUT2D eigenvalue weighted by atomic mass is 10.1. The molecule has 1 heterocycles. The van der Waals surface area contributed by atoms with Crippen LogP contribution in [0, 0.1) is 0 Å². The maximum Gasteiger partial charge on any atom is 0.416 e. The Bertz CT molecular complexity index is 527. The zero-order chi connectivity index (χ0) is 15.6. The molecule has 0 spiro atoms. The SMILES string of the molecule is CC(Nc1ccc(C(F)(F)F)cc1C(N)=S)C1CCCO1. The Morgan fingerprint density at radius 2 is 2.19 bits per heavy atom. The summed E-state index contributed by atoms with van der Waals surface area (Å²) in [6.45, 7) is 2.64. The Balaban J connectivity index is 2.24. The Morgan fingerprint density at radius 3 is 2.71 bits per heavy atom. The molecule has 7 heteroatoms. The number of nitrogens with one attached hydrogen (secondary N) is 1. The Morgan fingerprint density at radius 1 is 1.48 bits per heavy atom. The quantitative estimate of drug-likeness (QED) is 0.836. The van der Waals surface area contributed by atoms with Crippen LogP contribution in [-0.2, 0) is 10.9 Å². The summed E-state index contributed by atoms with van der Waals surface area (Å²) in [4.78, 5) is -0.0665. The highest BCUT2D eigenvalue weighted by Crippen LogP contribution is 2.32. The number of halogens is 3. The van der Waals surface area contributed by atoms with Crippen LogP contribution in [0.2, 0.25) is 0 Å². The number of nitrogens with two attached hydrogens (primary N) is 1. The van der Waals surface area contributed by atoms with Gasteiger partial charge in [-0.25, -0.2) is 0 Å². The van der Waals surface area contributed by atoms with Gasteiger partial charge >= 0.3 is 6.18 Å². The van der Waals surface area contributed by atoms with Crippen molar-refractivity contribution in [3.05, 3.63) is 29.3 Å². The zero-order valence-electron chi connectivity index (χ0n) is 11.5. The lowest BCUT2D eigenvalue weighted by Crippen LogP contribution is -2.31. The van der Waals surface area contributed by atoms with Gasteiger partial charge in [-0.05, 0) is 38.0 Å². The normalized spacial score (nSPS) is 20.3. The van der Waals surface area contributed by atoms with Gasteiger partial charge in [-0.15, -0.1) is 0 Å². The first-order chi connectivity index (χ1) is 9.79. The van der Waals surface area contributed by atoms with Crippen LogP contribution in [0.1, 0.15) is 30.9 Å². The maximum absolute atomic E-state index is 12.7. The monoisotopic (exact) mass is 318 g/mol. The van der Waals surface area contributed by atoms with Gasteiger partial charge < -0.3 is 15.8 Å². The third kappa shape index (κ3) is 3.85. The molecule has 1 fully saturated rings. The van der Waals surface area contributed by atoms with Crippen LogP contribution >= 0.6 is 12.2 Å². The van der Waals surface area contributed by atoms with Crippen molar-refractivity contribution in [3.63, 3.8) is 0 Å². The molecule has 0 aromatic heterocycles. The second kappa shape index (κ2) is 6.19. The van der Waals surface area contributed by atoms with Crippen molar-refractivity contribution in [1.29, 1.82) is 0 Å². The van der Waals surface area contributed by atoms with E-state index in [2.05, 4.69) is 5.32 Å². The average Bonchev–Trinajstić information content (AvgIpc) is 2.91. The lowest BCUT2D eigenvalue weighted by Gasteiger charge is -2.23. The van der Waals surface area contributed by atoms with Crippen molar-refractivity contribution in [2.75, 3.05) is 11.9 Å². The van der Waals surface area contributed by atoms with Gasteiger partial charge in [0.1, 0.15) is 4.99 Å². The molecule has 1 saturated heterocycles. The van der Waals surface area contributed by atoms with Gasteiger partial charge in [0.15, 0.2) is 0 Å². The summed E-state index contributed by atoms with van der Waals surface area (Å²) in [5.74, 6) is 0. The van der Waals surface area contributed by atoms with Crippen molar-refractivity contribution < 1.29 is 17.9 Å². The first-order valence-corrected chi connectivity index (χ1v) is 7.09. The molecule has 1 aromatic carbocycles. The highest BCUT2D eigenvalue weighted by Gasteiger charge is 2.31. The fourth-order valence-corrected chi connectivity index (χ4v) is 2.55. The van der Waals surface area contributed by atoms with Crippen LogP contribution in [0.4, 0.5) is 18.9 Å². The maximum atomic E-state index is 12.7. The van der Waals surface area contributed by atoms with Crippen molar-refractivity contribution in [2.45, 2.75) is 38.1 Å². The summed E-state index contributed by atoms with van der Waals surface area (Å²) < 4.78 is 43.8. The number of anilines is 1. The minimum atomic E-state index is -4.42. The largest absolute Gasteiger partial charge is 0.416 e. The predicted octanol–water partition coefficient (Wildman–Crippen LogP) is 3.32. The van der Waals surface area contributed by atoms with Crippen molar-refractivity contribution in [1.82, 2.24) is 0 Å². The van der Waals surface area contributed by atoms with Crippen LogP contribution in [0.25, 0.3) is 0 Å². The van der Waals surface area contributed by atoms with E-state index in [1.165, 1.54) is 6.07 Å². The van der Waals surface area contributed by atoms with E-state index in [9.17, 15) is 13.2 Å². The molecule has 1 aromatic rings. The Kier molecular flexibility index (Phi) is 4.73. The van der Waals surface area contributed by atoms with E-state index in [1.807, 2.05) is 6.92 Å². The molecule has 0 radical (unpaired) electrons. The van der Waals surface area contributed by atoms with E-state index in [1.54, 1.807) is 0 Å². The van der Waals surface area contributed by atoms with Gasteiger partial charge in [0.25, 0.3) is 0 Å². The van der Waals surface area contributed by atoms with E-state index in [0.29, 0.717) is 12.3 Å². The molecule has 3 nitrogen and oxygen atoms in total. The second-order valence-electron chi connectivity index (χ2n) is 5.11. The van der Waals surface area contributed by atoms with Crippen molar-refractivity contribution in [2.24, 2.45) is 5.73 Å². The summed E-state index contributed by atoms with van der Waals surface area (Å²) >= 11 is 4.86. The van der Waals surface area contributed by atoms with Crippen molar-refractivity contribution in [3.8, 4) is 0 Å². The van der Waals surface area contributed by atoms with Crippen LogP contribution in [0.15, 0.2) is 18.2 Å². The summed E-state index contributed by atoms with van der Waals surface area (Å²) in [5.41, 5.74) is 5.48. The van der Waals surface area contributed by atoms with E-state index >= 15 is 0 Å². The standard InChI is InChI=1S/C14H17F3N2OS/c1-8(12-3-2-6-20-12)19-11-5-4-9(14(15,16)17)7-10(11)13(18)21/h4-5,7-8,12,19H,2-3,6H2,1H3,(H2,18,21).